The molecule has 1 aromatic carbocycles. The van der Waals surface area contributed by atoms with E-state index in [0.29, 0.717) is 15.7 Å². The maximum Gasteiger partial charge on any atom is 0.228 e. The fraction of sp³-hybridized carbons (Fsp3) is 0.231. The maximum absolute atomic E-state index is 12.0. The third-order valence-electron chi connectivity index (χ3n) is 2.82. The first kappa shape index (κ1) is 13.9. The van der Waals surface area contributed by atoms with Crippen molar-refractivity contribution < 1.29 is 4.79 Å². The fourth-order valence-electron chi connectivity index (χ4n) is 1.78. The van der Waals surface area contributed by atoms with E-state index in [4.69, 9.17) is 23.2 Å². The predicted molar refractivity (Wildman–Crippen MR) is 76.9 cm³/mol. The molecule has 19 heavy (non-hydrogen) atoms. The van der Waals surface area contributed by atoms with Crippen molar-refractivity contribution >= 4 is 34.8 Å². The van der Waals surface area contributed by atoms with Gasteiger partial charge in [0.1, 0.15) is 0 Å². The van der Waals surface area contributed by atoms with Gasteiger partial charge in [0.05, 0.1) is 22.8 Å². The summed E-state index contributed by atoms with van der Waals surface area (Å²) in [6.07, 6.45) is 0.257. The van der Waals surface area contributed by atoms with Gasteiger partial charge in [0, 0.05) is 16.3 Å². The summed E-state index contributed by atoms with van der Waals surface area (Å²) < 4.78 is 0. The second-order valence-corrected chi connectivity index (χ2v) is 5.11. The van der Waals surface area contributed by atoms with Gasteiger partial charge in [0.15, 0.2) is 0 Å². The van der Waals surface area contributed by atoms with Crippen molar-refractivity contribution in [1.82, 2.24) is 10.2 Å². The minimum atomic E-state index is -0.142. The molecule has 2 aromatic rings. The first-order valence-electron chi connectivity index (χ1n) is 5.72. The smallest absolute Gasteiger partial charge is 0.228 e. The second kappa shape index (κ2) is 5.63. The highest BCUT2D eigenvalue weighted by atomic mass is 35.5. The van der Waals surface area contributed by atoms with Gasteiger partial charge in [-0.05, 0) is 32.0 Å². The van der Waals surface area contributed by atoms with Crippen LogP contribution in [0.1, 0.15) is 17.0 Å². The van der Waals surface area contributed by atoms with Crippen molar-refractivity contribution in [2.75, 3.05) is 5.32 Å². The topological polar surface area (TPSA) is 57.8 Å². The van der Waals surface area contributed by atoms with E-state index in [0.717, 1.165) is 17.0 Å². The number of anilines is 1. The molecule has 0 aliphatic rings. The predicted octanol–water partition coefficient (Wildman–Crippen LogP) is 3.51. The summed E-state index contributed by atoms with van der Waals surface area (Å²) in [7, 11) is 0. The number of nitrogens with one attached hydrogen (secondary N) is 2. The molecule has 4 nitrogen and oxygen atoms in total. The Balaban J connectivity index is 2.10. The molecule has 0 saturated carbocycles. The molecule has 1 aromatic heterocycles. The summed E-state index contributed by atoms with van der Waals surface area (Å²) in [6, 6.07) is 4.95. The van der Waals surface area contributed by atoms with Crippen LogP contribution in [0.25, 0.3) is 0 Å². The van der Waals surface area contributed by atoms with Crippen molar-refractivity contribution in [3.05, 3.63) is 45.2 Å². The van der Waals surface area contributed by atoms with Crippen molar-refractivity contribution in [2.45, 2.75) is 20.3 Å². The van der Waals surface area contributed by atoms with Gasteiger partial charge in [-0.15, -0.1) is 0 Å². The normalized spacial score (nSPS) is 10.5. The molecule has 2 rings (SSSR count). The monoisotopic (exact) mass is 297 g/mol. The quantitative estimate of drug-likeness (QED) is 0.911. The Kier molecular flexibility index (Phi) is 4.12. The number of hydrogen-bond donors (Lipinski definition) is 2. The molecule has 0 bridgehead atoms. The highest BCUT2D eigenvalue weighted by molar-refractivity contribution is 6.36. The molecule has 0 unspecified atom stereocenters. The lowest BCUT2D eigenvalue weighted by atomic mass is 10.1. The molecule has 2 N–H and O–H groups in total. The van der Waals surface area contributed by atoms with Gasteiger partial charge in [-0.2, -0.15) is 5.10 Å². The zero-order valence-corrected chi connectivity index (χ0v) is 12.1. The van der Waals surface area contributed by atoms with Crippen LogP contribution in [0.2, 0.25) is 10.0 Å². The summed E-state index contributed by atoms with van der Waals surface area (Å²) in [6.45, 7) is 3.75. The van der Waals surface area contributed by atoms with Gasteiger partial charge in [-0.25, -0.2) is 0 Å². The molecular weight excluding hydrogens is 285 g/mol. The van der Waals surface area contributed by atoms with Crippen molar-refractivity contribution in [2.24, 2.45) is 0 Å². The SMILES string of the molecule is Cc1n[nH]c(C)c1CC(=O)Nc1ccc(Cl)cc1Cl. The molecule has 6 heteroatoms. The van der Waals surface area contributed by atoms with E-state index < -0.39 is 0 Å². The van der Waals surface area contributed by atoms with Gasteiger partial charge in [0.2, 0.25) is 5.91 Å². The van der Waals surface area contributed by atoms with Crippen LogP contribution in [0.15, 0.2) is 18.2 Å². The number of aromatic nitrogens is 2. The third-order valence-corrected chi connectivity index (χ3v) is 3.37. The Bertz CT molecular complexity index is 603. The molecule has 0 aliphatic carbocycles. The third kappa shape index (κ3) is 3.28. The number of halogens is 2. The molecule has 1 amide bonds. The first-order valence-corrected chi connectivity index (χ1v) is 6.48. The Morgan fingerprint density at radius 1 is 1.37 bits per heavy atom. The van der Waals surface area contributed by atoms with Crippen LogP contribution in [-0.4, -0.2) is 16.1 Å². The summed E-state index contributed by atoms with van der Waals surface area (Å²) in [5, 5.41) is 10.6. The average molecular weight is 298 g/mol. The number of rotatable bonds is 3. The van der Waals surface area contributed by atoms with Crippen LogP contribution in [0.3, 0.4) is 0 Å². The zero-order valence-electron chi connectivity index (χ0n) is 10.6. The lowest BCUT2D eigenvalue weighted by molar-refractivity contribution is -0.115. The summed E-state index contributed by atoms with van der Waals surface area (Å²) in [4.78, 5) is 12.0. The molecule has 0 aliphatic heterocycles. The Morgan fingerprint density at radius 3 is 2.68 bits per heavy atom. The summed E-state index contributed by atoms with van der Waals surface area (Å²) in [5.74, 6) is -0.142. The van der Waals surface area contributed by atoms with E-state index in [2.05, 4.69) is 15.5 Å². The Labute approximate surface area is 121 Å². The maximum atomic E-state index is 12.0. The number of hydrogen-bond acceptors (Lipinski definition) is 2. The van der Waals surface area contributed by atoms with E-state index >= 15 is 0 Å². The van der Waals surface area contributed by atoms with Crippen LogP contribution < -0.4 is 5.32 Å². The number of aromatic amines is 1. The number of nitrogens with zero attached hydrogens (tertiary/aromatic N) is 1. The van der Waals surface area contributed by atoms with E-state index in [1.54, 1.807) is 18.2 Å². The largest absolute Gasteiger partial charge is 0.324 e. The Morgan fingerprint density at radius 2 is 2.11 bits per heavy atom. The number of aryl methyl sites for hydroxylation is 2. The minimum Gasteiger partial charge on any atom is -0.324 e. The van der Waals surface area contributed by atoms with Gasteiger partial charge in [-0.1, -0.05) is 23.2 Å². The number of benzene rings is 1. The fourth-order valence-corrected chi connectivity index (χ4v) is 2.24. The molecule has 1 heterocycles. The Hall–Kier alpha value is -1.52. The van der Waals surface area contributed by atoms with Crippen molar-refractivity contribution in [3.8, 4) is 0 Å². The standard InChI is InChI=1S/C13H13Cl2N3O/c1-7-10(8(2)18-17-7)6-13(19)16-12-4-3-9(14)5-11(12)15/h3-5H,6H2,1-2H3,(H,16,19)(H,17,18). The van der Waals surface area contributed by atoms with Crippen molar-refractivity contribution in [3.63, 3.8) is 0 Å². The molecule has 0 atom stereocenters. The van der Waals surface area contributed by atoms with Gasteiger partial charge in [0.25, 0.3) is 0 Å². The van der Waals surface area contributed by atoms with Crippen LogP contribution >= 0.6 is 23.2 Å². The van der Waals surface area contributed by atoms with E-state index in [1.807, 2.05) is 13.8 Å². The second-order valence-electron chi connectivity index (χ2n) is 4.26. The number of carbonyl (C=O) groups excluding carboxylic acids is 1. The van der Waals surface area contributed by atoms with Gasteiger partial charge < -0.3 is 5.32 Å². The van der Waals surface area contributed by atoms with Crippen molar-refractivity contribution in [1.29, 1.82) is 0 Å². The minimum absolute atomic E-state index is 0.142. The van der Waals surface area contributed by atoms with Crippen LogP contribution in [-0.2, 0) is 11.2 Å². The number of carbonyl (C=O) groups is 1. The van der Waals surface area contributed by atoms with Gasteiger partial charge in [-0.3, -0.25) is 9.89 Å². The molecule has 0 radical (unpaired) electrons. The lowest BCUT2D eigenvalue weighted by Gasteiger charge is -2.07. The molecule has 0 saturated heterocycles. The van der Waals surface area contributed by atoms with E-state index in [9.17, 15) is 4.79 Å². The van der Waals surface area contributed by atoms with Crippen LogP contribution in [0.4, 0.5) is 5.69 Å². The van der Waals surface area contributed by atoms with Crippen LogP contribution in [0.5, 0.6) is 0 Å². The zero-order chi connectivity index (χ0) is 14.0. The molecule has 100 valence electrons. The molecular formula is C13H13Cl2N3O. The first-order chi connectivity index (χ1) is 8.97. The number of amides is 1. The average Bonchev–Trinajstić information content (AvgIpc) is 2.65. The van der Waals surface area contributed by atoms with E-state index in [1.165, 1.54) is 0 Å². The highest BCUT2D eigenvalue weighted by Crippen LogP contribution is 2.25. The van der Waals surface area contributed by atoms with Crippen LogP contribution in [0, 0.1) is 13.8 Å². The molecule has 0 spiro atoms. The lowest BCUT2D eigenvalue weighted by Crippen LogP contribution is -2.15. The molecule has 0 fully saturated rings. The highest BCUT2D eigenvalue weighted by Gasteiger charge is 2.12. The van der Waals surface area contributed by atoms with E-state index in [-0.39, 0.29) is 12.3 Å². The van der Waals surface area contributed by atoms with Gasteiger partial charge >= 0.3 is 0 Å². The summed E-state index contributed by atoms with van der Waals surface area (Å²) >= 11 is 11.8. The number of H-pyrrole nitrogens is 1. The summed E-state index contributed by atoms with van der Waals surface area (Å²) in [5.41, 5.74) is 3.18.